The molecule has 0 aliphatic heterocycles. The second-order valence-corrected chi connectivity index (χ2v) is 5.04. The SMILES string of the molecule is CCc1cc(CN(C)CCN(C)C)ccc1OC. The van der Waals surface area contributed by atoms with Crippen LogP contribution in [0, 0.1) is 0 Å². The molecule has 0 aliphatic rings. The predicted octanol–water partition coefficient (Wildman–Crippen LogP) is 2.25. The quantitative estimate of drug-likeness (QED) is 0.738. The monoisotopic (exact) mass is 250 g/mol. The topological polar surface area (TPSA) is 15.7 Å². The zero-order valence-electron chi connectivity index (χ0n) is 12.4. The summed E-state index contributed by atoms with van der Waals surface area (Å²) in [5.74, 6) is 0.997. The van der Waals surface area contributed by atoms with Crippen molar-refractivity contribution in [3.63, 3.8) is 0 Å². The lowest BCUT2D eigenvalue weighted by Gasteiger charge is -2.20. The fourth-order valence-corrected chi connectivity index (χ4v) is 1.97. The van der Waals surface area contributed by atoms with E-state index >= 15 is 0 Å². The number of aryl methyl sites for hydroxylation is 1. The average Bonchev–Trinajstić information content (AvgIpc) is 2.36. The smallest absolute Gasteiger partial charge is 0.122 e. The Labute approximate surface area is 111 Å². The predicted molar refractivity (Wildman–Crippen MR) is 77.3 cm³/mol. The summed E-state index contributed by atoms with van der Waals surface area (Å²) in [5.41, 5.74) is 2.64. The molecule has 0 aromatic heterocycles. The van der Waals surface area contributed by atoms with Crippen molar-refractivity contribution >= 4 is 0 Å². The number of ether oxygens (including phenoxy) is 1. The van der Waals surface area contributed by atoms with Crippen LogP contribution in [0.2, 0.25) is 0 Å². The van der Waals surface area contributed by atoms with Crippen LogP contribution < -0.4 is 4.74 Å². The van der Waals surface area contributed by atoms with Crippen LogP contribution in [0.15, 0.2) is 18.2 Å². The van der Waals surface area contributed by atoms with Crippen molar-refractivity contribution < 1.29 is 4.74 Å². The molecule has 0 spiro atoms. The highest BCUT2D eigenvalue weighted by Crippen LogP contribution is 2.20. The first kappa shape index (κ1) is 15.0. The van der Waals surface area contributed by atoms with Crippen molar-refractivity contribution in [2.75, 3.05) is 41.3 Å². The number of methoxy groups -OCH3 is 1. The molecule has 1 rings (SSSR count). The van der Waals surface area contributed by atoms with E-state index in [-0.39, 0.29) is 0 Å². The van der Waals surface area contributed by atoms with Gasteiger partial charge in [-0.25, -0.2) is 0 Å². The van der Waals surface area contributed by atoms with Crippen LogP contribution in [0.4, 0.5) is 0 Å². The summed E-state index contributed by atoms with van der Waals surface area (Å²) in [6.07, 6.45) is 1.01. The minimum Gasteiger partial charge on any atom is -0.496 e. The molecule has 3 nitrogen and oxygen atoms in total. The van der Waals surface area contributed by atoms with Crippen LogP contribution in [-0.2, 0) is 13.0 Å². The standard InChI is InChI=1S/C15H26N2O/c1-6-14-11-13(7-8-15(14)18-5)12-17(4)10-9-16(2)3/h7-8,11H,6,9-10,12H2,1-5H3. The molecule has 0 bridgehead atoms. The van der Waals surface area contributed by atoms with Crippen molar-refractivity contribution in [3.8, 4) is 5.75 Å². The lowest BCUT2D eigenvalue weighted by atomic mass is 10.1. The zero-order valence-corrected chi connectivity index (χ0v) is 12.4. The Kier molecular flexibility index (Phi) is 6.16. The molecule has 3 heteroatoms. The van der Waals surface area contributed by atoms with Crippen LogP contribution in [0.1, 0.15) is 18.1 Å². The molecule has 0 fully saturated rings. The third-order valence-corrected chi connectivity index (χ3v) is 3.11. The van der Waals surface area contributed by atoms with Gasteiger partial charge in [0.25, 0.3) is 0 Å². The van der Waals surface area contributed by atoms with Gasteiger partial charge in [0.1, 0.15) is 5.75 Å². The van der Waals surface area contributed by atoms with Crippen LogP contribution in [0.3, 0.4) is 0 Å². The van der Waals surface area contributed by atoms with E-state index in [0.29, 0.717) is 0 Å². The molecule has 0 amide bonds. The van der Waals surface area contributed by atoms with Crippen LogP contribution in [0.25, 0.3) is 0 Å². The van der Waals surface area contributed by atoms with Gasteiger partial charge in [-0.05, 0) is 44.8 Å². The first-order valence-corrected chi connectivity index (χ1v) is 6.55. The van der Waals surface area contributed by atoms with Gasteiger partial charge in [0.05, 0.1) is 7.11 Å². The second-order valence-electron chi connectivity index (χ2n) is 5.04. The number of hydrogen-bond acceptors (Lipinski definition) is 3. The van der Waals surface area contributed by atoms with Crippen LogP contribution in [0.5, 0.6) is 5.75 Å². The summed E-state index contributed by atoms with van der Waals surface area (Å²) in [7, 11) is 8.11. The Balaban J connectivity index is 2.61. The molecular formula is C15H26N2O. The van der Waals surface area contributed by atoms with Crippen molar-refractivity contribution in [1.29, 1.82) is 0 Å². The van der Waals surface area contributed by atoms with Gasteiger partial charge < -0.3 is 14.5 Å². The van der Waals surface area contributed by atoms with Crippen LogP contribution in [-0.4, -0.2) is 51.1 Å². The van der Waals surface area contributed by atoms with E-state index in [1.165, 1.54) is 11.1 Å². The van der Waals surface area contributed by atoms with E-state index in [1.807, 2.05) is 0 Å². The molecule has 18 heavy (non-hydrogen) atoms. The Morgan fingerprint density at radius 1 is 1.11 bits per heavy atom. The molecule has 0 saturated heterocycles. The first-order valence-electron chi connectivity index (χ1n) is 6.55. The summed E-state index contributed by atoms with van der Waals surface area (Å²) >= 11 is 0. The number of rotatable bonds is 7. The van der Waals surface area contributed by atoms with E-state index in [0.717, 1.165) is 31.8 Å². The van der Waals surface area contributed by atoms with E-state index in [4.69, 9.17) is 4.74 Å². The van der Waals surface area contributed by atoms with Gasteiger partial charge in [-0.1, -0.05) is 19.1 Å². The summed E-state index contributed by atoms with van der Waals surface area (Å²) in [4.78, 5) is 4.56. The highest BCUT2D eigenvalue weighted by molar-refractivity contribution is 5.37. The van der Waals surface area contributed by atoms with Crippen molar-refractivity contribution in [2.24, 2.45) is 0 Å². The average molecular weight is 250 g/mol. The Hall–Kier alpha value is -1.06. The maximum atomic E-state index is 5.35. The van der Waals surface area contributed by atoms with E-state index in [2.05, 4.69) is 56.1 Å². The molecule has 1 aromatic rings. The van der Waals surface area contributed by atoms with Gasteiger partial charge >= 0.3 is 0 Å². The maximum Gasteiger partial charge on any atom is 0.122 e. The normalized spacial score (nSPS) is 11.3. The summed E-state index contributed by atoms with van der Waals surface area (Å²) in [6.45, 7) is 5.33. The van der Waals surface area contributed by atoms with Gasteiger partial charge in [0, 0.05) is 19.6 Å². The zero-order chi connectivity index (χ0) is 13.5. The van der Waals surface area contributed by atoms with Gasteiger partial charge in [0.15, 0.2) is 0 Å². The molecule has 0 aliphatic carbocycles. The highest BCUT2D eigenvalue weighted by Gasteiger charge is 2.05. The third-order valence-electron chi connectivity index (χ3n) is 3.11. The van der Waals surface area contributed by atoms with Crippen LogP contribution >= 0.6 is 0 Å². The summed E-state index contributed by atoms with van der Waals surface area (Å²) in [6, 6.07) is 6.49. The maximum absolute atomic E-state index is 5.35. The number of benzene rings is 1. The molecule has 0 unspecified atom stereocenters. The molecule has 0 radical (unpaired) electrons. The van der Waals surface area contributed by atoms with E-state index in [9.17, 15) is 0 Å². The Morgan fingerprint density at radius 3 is 2.39 bits per heavy atom. The lowest BCUT2D eigenvalue weighted by Crippen LogP contribution is -2.28. The molecule has 0 N–H and O–H groups in total. The Morgan fingerprint density at radius 2 is 1.83 bits per heavy atom. The molecule has 1 aromatic carbocycles. The van der Waals surface area contributed by atoms with E-state index in [1.54, 1.807) is 7.11 Å². The van der Waals surface area contributed by atoms with Gasteiger partial charge in [0.2, 0.25) is 0 Å². The Bertz CT molecular complexity index is 364. The first-order chi connectivity index (χ1) is 8.56. The minimum atomic E-state index is 0.991. The highest BCUT2D eigenvalue weighted by atomic mass is 16.5. The fraction of sp³-hybridized carbons (Fsp3) is 0.600. The molecule has 0 atom stereocenters. The number of nitrogens with zero attached hydrogens (tertiary/aromatic N) is 2. The summed E-state index contributed by atoms with van der Waals surface area (Å²) < 4.78 is 5.35. The number of likely N-dealkylation sites (N-methyl/N-ethyl adjacent to an activating group) is 2. The molecule has 0 heterocycles. The molecule has 102 valence electrons. The van der Waals surface area contributed by atoms with Crippen molar-refractivity contribution in [2.45, 2.75) is 19.9 Å². The van der Waals surface area contributed by atoms with Crippen molar-refractivity contribution in [1.82, 2.24) is 9.80 Å². The van der Waals surface area contributed by atoms with Crippen molar-refractivity contribution in [3.05, 3.63) is 29.3 Å². The van der Waals surface area contributed by atoms with E-state index < -0.39 is 0 Å². The van der Waals surface area contributed by atoms with Gasteiger partial charge in [-0.3, -0.25) is 0 Å². The van der Waals surface area contributed by atoms with Gasteiger partial charge in [-0.15, -0.1) is 0 Å². The summed E-state index contributed by atoms with van der Waals surface area (Å²) in [5, 5.41) is 0. The number of hydrogen-bond donors (Lipinski definition) is 0. The minimum absolute atomic E-state index is 0.991. The lowest BCUT2D eigenvalue weighted by molar-refractivity contribution is 0.276. The fourth-order valence-electron chi connectivity index (χ4n) is 1.97. The van der Waals surface area contributed by atoms with Gasteiger partial charge in [-0.2, -0.15) is 0 Å². The second kappa shape index (κ2) is 7.39. The molecule has 0 saturated carbocycles. The molecular weight excluding hydrogens is 224 g/mol. The third kappa shape index (κ3) is 4.67. The largest absolute Gasteiger partial charge is 0.496 e.